The average Bonchev–Trinajstić information content (AvgIpc) is 3.47. The summed E-state index contributed by atoms with van der Waals surface area (Å²) in [5, 5.41) is 23.4. The van der Waals surface area contributed by atoms with E-state index < -0.39 is 0 Å². The summed E-state index contributed by atoms with van der Waals surface area (Å²) in [7, 11) is 0. The number of rotatable bonds is 2. The average molecular weight is 476 g/mol. The van der Waals surface area contributed by atoms with Crippen LogP contribution in [0, 0.1) is 22.7 Å². The third-order valence-electron chi connectivity index (χ3n) is 6.86. The summed E-state index contributed by atoms with van der Waals surface area (Å²) in [5.41, 5.74) is 6.92. The van der Waals surface area contributed by atoms with E-state index in [0.717, 1.165) is 43.3 Å². The predicted molar refractivity (Wildman–Crippen MR) is 149 cm³/mol. The minimum atomic E-state index is 0.661. The number of fused-ring (bicyclic) bond motifs is 6. The van der Waals surface area contributed by atoms with E-state index in [9.17, 15) is 10.5 Å². The molecule has 0 bridgehead atoms. The largest absolute Gasteiger partial charge is 0.309 e. The predicted octanol–water partition coefficient (Wildman–Crippen LogP) is 8.56. The van der Waals surface area contributed by atoms with Crippen LogP contribution in [0.5, 0.6) is 0 Å². The first-order chi connectivity index (χ1) is 17.7. The molecule has 2 aromatic heterocycles. The highest BCUT2D eigenvalue weighted by atomic mass is 32.1. The number of hydrogen-bond donors (Lipinski definition) is 0. The smallest absolute Gasteiger partial charge is 0.0992 e. The van der Waals surface area contributed by atoms with Crippen LogP contribution in [0.2, 0.25) is 0 Å². The van der Waals surface area contributed by atoms with E-state index in [2.05, 4.69) is 77.4 Å². The van der Waals surface area contributed by atoms with Crippen molar-refractivity contribution in [3.63, 3.8) is 0 Å². The zero-order valence-electron chi connectivity index (χ0n) is 19.1. The van der Waals surface area contributed by atoms with E-state index >= 15 is 0 Å². The van der Waals surface area contributed by atoms with Crippen LogP contribution in [-0.4, -0.2) is 4.57 Å². The highest BCUT2D eigenvalue weighted by molar-refractivity contribution is 7.25. The Morgan fingerprint density at radius 2 is 1.22 bits per heavy atom. The van der Waals surface area contributed by atoms with Crippen molar-refractivity contribution in [2.75, 3.05) is 0 Å². The van der Waals surface area contributed by atoms with Crippen LogP contribution in [0.15, 0.2) is 103 Å². The van der Waals surface area contributed by atoms with Gasteiger partial charge in [-0.3, -0.25) is 0 Å². The van der Waals surface area contributed by atoms with Crippen LogP contribution in [0.1, 0.15) is 11.1 Å². The van der Waals surface area contributed by atoms with Crippen molar-refractivity contribution in [2.24, 2.45) is 0 Å². The maximum atomic E-state index is 9.48. The van der Waals surface area contributed by atoms with Gasteiger partial charge in [0.2, 0.25) is 0 Å². The van der Waals surface area contributed by atoms with Crippen LogP contribution >= 0.6 is 11.3 Å². The molecule has 4 heteroatoms. The summed E-state index contributed by atoms with van der Waals surface area (Å²) in [6.45, 7) is 0. The molecular formula is C32H17N3S. The zero-order chi connectivity index (χ0) is 24.2. The number of nitrogens with zero attached hydrogens (tertiary/aromatic N) is 3. The topological polar surface area (TPSA) is 52.5 Å². The molecule has 0 N–H and O–H groups in total. The molecule has 36 heavy (non-hydrogen) atoms. The number of para-hydroxylation sites is 2. The first-order valence-corrected chi connectivity index (χ1v) is 12.5. The summed E-state index contributed by atoms with van der Waals surface area (Å²) in [4.78, 5) is 0. The Hall–Kier alpha value is -4.90. The lowest BCUT2D eigenvalue weighted by molar-refractivity contribution is 1.18. The summed E-state index contributed by atoms with van der Waals surface area (Å²) in [6, 6.07) is 39.8. The SMILES string of the molecule is N#Cc1ccc2c(c1)sc1cc(-c3ccccc3-n3c4ccccc4c4cc(C#N)ccc43)ccc12. The maximum Gasteiger partial charge on any atom is 0.0992 e. The number of benzene rings is 5. The van der Waals surface area contributed by atoms with Gasteiger partial charge in [0.05, 0.1) is 40.0 Å². The molecule has 5 aromatic carbocycles. The van der Waals surface area contributed by atoms with Gasteiger partial charge in [0.25, 0.3) is 0 Å². The van der Waals surface area contributed by atoms with Gasteiger partial charge in [0.1, 0.15) is 0 Å². The summed E-state index contributed by atoms with van der Waals surface area (Å²) in [6.07, 6.45) is 0. The second-order valence-corrected chi connectivity index (χ2v) is 9.93. The van der Waals surface area contributed by atoms with Gasteiger partial charge < -0.3 is 4.57 Å². The Morgan fingerprint density at radius 1 is 0.556 bits per heavy atom. The van der Waals surface area contributed by atoms with Crippen molar-refractivity contribution in [1.29, 1.82) is 10.5 Å². The first-order valence-electron chi connectivity index (χ1n) is 11.6. The van der Waals surface area contributed by atoms with Gasteiger partial charge in [-0.05, 0) is 54.1 Å². The van der Waals surface area contributed by atoms with E-state index in [1.807, 2.05) is 42.5 Å². The van der Waals surface area contributed by atoms with Crippen molar-refractivity contribution in [3.05, 3.63) is 114 Å². The highest BCUT2D eigenvalue weighted by Gasteiger charge is 2.16. The third-order valence-corrected chi connectivity index (χ3v) is 7.98. The molecule has 0 aliphatic rings. The highest BCUT2D eigenvalue weighted by Crippen LogP contribution is 2.40. The molecule has 0 amide bonds. The molecule has 0 radical (unpaired) electrons. The van der Waals surface area contributed by atoms with Gasteiger partial charge in [0.15, 0.2) is 0 Å². The van der Waals surface area contributed by atoms with Gasteiger partial charge in [-0.1, -0.05) is 54.6 Å². The minimum Gasteiger partial charge on any atom is -0.309 e. The normalized spacial score (nSPS) is 11.3. The molecule has 0 spiro atoms. The molecule has 7 rings (SSSR count). The molecule has 0 unspecified atom stereocenters. The monoisotopic (exact) mass is 475 g/mol. The lowest BCUT2D eigenvalue weighted by atomic mass is 10.0. The number of thiophene rings is 1. The lowest BCUT2D eigenvalue weighted by Gasteiger charge is -2.14. The first kappa shape index (κ1) is 20.5. The standard InChI is InChI=1S/C32H17N3S/c33-18-20-10-14-30-27(15-20)24-6-2-4-8-29(24)35(30)28-7-3-1-5-23(28)22-11-13-26-25-12-9-21(19-34)16-31(25)36-32(26)17-22/h1-17H. The second kappa shape index (κ2) is 7.82. The van der Waals surface area contributed by atoms with Crippen molar-refractivity contribution >= 4 is 53.3 Å². The molecule has 3 nitrogen and oxygen atoms in total. The van der Waals surface area contributed by atoms with Crippen molar-refractivity contribution in [3.8, 4) is 29.0 Å². The summed E-state index contributed by atoms with van der Waals surface area (Å²) in [5.74, 6) is 0. The van der Waals surface area contributed by atoms with Crippen molar-refractivity contribution < 1.29 is 0 Å². The van der Waals surface area contributed by atoms with E-state index in [0.29, 0.717) is 11.1 Å². The lowest BCUT2D eigenvalue weighted by Crippen LogP contribution is -1.97. The van der Waals surface area contributed by atoms with E-state index in [1.54, 1.807) is 11.3 Å². The quantitative estimate of drug-likeness (QED) is 0.251. The van der Waals surface area contributed by atoms with E-state index in [1.165, 1.54) is 15.5 Å². The Bertz CT molecular complexity index is 2080. The zero-order valence-corrected chi connectivity index (χ0v) is 19.9. The fourth-order valence-electron chi connectivity index (χ4n) is 5.23. The van der Waals surface area contributed by atoms with Crippen LogP contribution in [0.3, 0.4) is 0 Å². The molecule has 0 fully saturated rings. The summed E-state index contributed by atoms with van der Waals surface area (Å²) < 4.78 is 4.63. The Morgan fingerprint density at radius 3 is 2.08 bits per heavy atom. The molecule has 166 valence electrons. The van der Waals surface area contributed by atoms with Crippen molar-refractivity contribution in [2.45, 2.75) is 0 Å². The minimum absolute atomic E-state index is 0.661. The molecule has 0 saturated carbocycles. The van der Waals surface area contributed by atoms with Crippen LogP contribution < -0.4 is 0 Å². The molecule has 0 atom stereocenters. The number of nitriles is 2. The third kappa shape index (κ3) is 2.96. The van der Waals surface area contributed by atoms with Gasteiger partial charge in [0, 0.05) is 36.5 Å². The second-order valence-electron chi connectivity index (χ2n) is 8.85. The van der Waals surface area contributed by atoms with E-state index in [4.69, 9.17) is 0 Å². The fourth-order valence-corrected chi connectivity index (χ4v) is 6.41. The molecule has 2 heterocycles. The van der Waals surface area contributed by atoms with Crippen molar-refractivity contribution in [1.82, 2.24) is 4.57 Å². The molecule has 0 aliphatic carbocycles. The van der Waals surface area contributed by atoms with E-state index in [-0.39, 0.29) is 0 Å². The molecule has 7 aromatic rings. The molecule has 0 aliphatic heterocycles. The van der Waals surface area contributed by atoms with Crippen LogP contribution in [0.25, 0.3) is 58.8 Å². The van der Waals surface area contributed by atoms with Gasteiger partial charge in [-0.25, -0.2) is 0 Å². The number of aromatic nitrogens is 1. The molecule has 0 saturated heterocycles. The summed E-state index contributed by atoms with van der Waals surface area (Å²) >= 11 is 1.72. The van der Waals surface area contributed by atoms with Crippen LogP contribution in [-0.2, 0) is 0 Å². The van der Waals surface area contributed by atoms with Gasteiger partial charge in [-0.2, -0.15) is 10.5 Å². The maximum absolute atomic E-state index is 9.48. The Balaban J connectivity index is 1.49. The fraction of sp³-hybridized carbons (Fsp3) is 0. The Kier molecular flexibility index (Phi) is 4.45. The number of hydrogen-bond acceptors (Lipinski definition) is 3. The molecular weight excluding hydrogens is 458 g/mol. The van der Waals surface area contributed by atoms with Crippen LogP contribution in [0.4, 0.5) is 0 Å². The van der Waals surface area contributed by atoms with Gasteiger partial charge >= 0.3 is 0 Å². The Labute approximate surface area is 211 Å². The van der Waals surface area contributed by atoms with Gasteiger partial charge in [-0.15, -0.1) is 11.3 Å².